The molecule has 20 heavy (non-hydrogen) atoms. The summed E-state index contributed by atoms with van der Waals surface area (Å²) in [5, 5.41) is 0. The van der Waals surface area contributed by atoms with Gasteiger partial charge in [-0.05, 0) is 36.9 Å². The van der Waals surface area contributed by atoms with Gasteiger partial charge < -0.3 is 19.0 Å². The van der Waals surface area contributed by atoms with E-state index in [9.17, 15) is 4.79 Å². The molecule has 0 saturated carbocycles. The van der Waals surface area contributed by atoms with Gasteiger partial charge in [-0.25, -0.2) is 0 Å². The molecule has 0 spiro atoms. The van der Waals surface area contributed by atoms with Gasteiger partial charge in [0.05, 0.1) is 12.9 Å². The quantitative estimate of drug-likeness (QED) is 0.833. The molecule has 2 atom stereocenters. The Hall–Kier alpha value is -1.33. The minimum absolute atomic E-state index is 0.0350. The van der Waals surface area contributed by atoms with Crippen molar-refractivity contribution in [2.45, 2.75) is 6.42 Å². The third kappa shape index (κ3) is 2.74. The van der Waals surface area contributed by atoms with Crippen LogP contribution in [0, 0.1) is 11.8 Å². The number of amides is 1. The van der Waals surface area contributed by atoms with E-state index in [1.54, 1.807) is 25.5 Å². The van der Waals surface area contributed by atoms with E-state index in [0.29, 0.717) is 17.6 Å². The van der Waals surface area contributed by atoms with Crippen LogP contribution in [0.5, 0.6) is 0 Å². The van der Waals surface area contributed by atoms with Gasteiger partial charge in [0.25, 0.3) is 5.91 Å². The fourth-order valence-corrected chi connectivity index (χ4v) is 3.39. The molecule has 5 nitrogen and oxygen atoms in total. The molecule has 1 amide bonds. The van der Waals surface area contributed by atoms with E-state index in [1.807, 2.05) is 4.90 Å². The van der Waals surface area contributed by atoms with E-state index in [1.165, 1.54) is 6.42 Å². The Kier molecular flexibility index (Phi) is 4.08. The molecule has 0 unspecified atom stereocenters. The van der Waals surface area contributed by atoms with Crippen molar-refractivity contribution < 1.29 is 13.9 Å². The van der Waals surface area contributed by atoms with E-state index in [0.717, 1.165) is 39.3 Å². The third-order valence-electron chi connectivity index (χ3n) is 4.52. The van der Waals surface area contributed by atoms with Crippen LogP contribution in [0.15, 0.2) is 22.8 Å². The molecule has 0 aliphatic carbocycles. The second kappa shape index (κ2) is 5.97. The van der Waals surface area contributed by atoms with Crippen LogP contribution in [0.4, 0.5) is 0 Å². The van der Waals surface area contributed by atoms with E-state index in [2.05, 4.69) is 4.90 Å². The van der Waals surface area contributed by atoms with E-state index < -0.39 is 0 Å². The second-order valence-corrected chi connectivity index (χ2v) is 5.79. The molecule has 2 fully saturated rings. The van der Waals surface area contributed by atoms with Crippen LogP contribution >= 0.6 is 0 Å². The van der Waals surface area contributed by atoms with Gasteiger partial charge in [0, 0.05) is 33.3 Å². The zero-order valence-electron chi connectivity index (χ0n) is 12.0. The van der Waals surface area contributed by atoms with Gasteiger partial charge in [0.2, 0.25) is 0 Å². The molecule has 3 rings (SSSR count). The minimum Gasteiger partial charge on any atom is -0.459 e. The van der Waals surface area contributed by atoms with Gasteiger partial charge in [-0.15, -0.1) is 0 Å². The standard InChI is InChI=1S/C15H22N2O3/c1-19-8-6-16-5-4-12-10-17(11-13(12)9-16)15(18)14-3-2-7-20-14/h2-3,7,12-13H,4-6,8-11H2,1H3/t12-,13+/m0/s1. The molecule has 0 N–H and O–H groups in total. The van der Waals surface area contributed by atoms with Crippen LogP contribution in [0.2, 0.25) is 0 Å². The van der Waals surface area contributed by atoms with Crippen molar-refractivity contribution in [1.29, 1.82) is 0 Å². The van der Waals surface area contributed by atoms with Gasteiger partial charge in [-0.1, -0.05) is 0 Å². The molecule has 1 aromatic heterocycles. The van der Waals surface area contributed by atoms with Gasteiger partial charge in [0.1, 0.15) is 0 Å². The molecular formula is C15H22N2O3. The van der Waals surface area contributed by atoms with Crippen LogP contribution in [0.3, 0.4) is 0 Å². The van der Waals surface area contributed by atoms with Crippen LogP contribution in [0.1, 0.15) is 17.0 Å². The van der Waals surface area contributed by atoms with Crippen LogP contribution in [-0.4, -0.2) is 62.1 Å². The number of furan rings is 1. The monoisotopic (exact) mass is 278 g/mol. The number of hydrogen-bond acceptors (Lipinski definition) is 4. The Morgan fingerprint density at radius 3 is 3.00 bits per heavy atom. The number of fused-ring (bicyclic) bond motifs is 1. The Morgan fingerprint density at radius 2 is 2.25 bits per heavy atom. The lowest BCUT2D eigenvalue weighted by Gasteiger charge is -2.33. The van der Waals surface area contributed by atoms with Crippen LogP contribution in [0.25, 0.3) is 0 Å². The van der Waals surface area contributed by atoms with Gasteiger partial charge in [0.15, 0.2) is 5.76 Å². The zero-order valence-corrected chi connectivity index (χ0v) is 12.0. The fourth-order valence-electron chi connectivity index (χ4n) is 3.39. The van der Waals surface area contributed by atoms with Gasteiger partial charge in [-0.3, -0.25) is 4.79 Å². The van der Waals surface area contributed by atoms with Crippen LogP contribution < -0.4 is 0 Å². The Labute approximate surface area is 119 Å². The predicted molar refractivity (Wildman–Crippen MR) is 74.5 cm³/mol. The van der Waals surface area contributed by atoms with Crippen LogP contribution in [-0.2, 0) is 4.74 Å². The highest BCUT2D eigenvalue weighted by Gasteiger charge is 2.39. The van der Waals surface area contributed by atoms with Gasteiger partial charge >= 0.3 is 0 Å². The first-order chi connectivity index (χ1) is 9.78. The van der Waals surface area contributed by atoms with Crippen molar-refractivity contribution in [1.82, 2.24) is 9.80 Å². The maximum Gasteiger partial charge on any atom is 0.289 e. The fraction of sp³-hybridized carbons (Fsp3) is 0.667. The lowest BCUT2D eigenvalue weighted by molar-refractivity contribution is 0.0751. The van der Waals surface area contributed by atoms with Crippen molar-refractivity contribution in [3.8, 4) is 0 Å². The summed E-state index contributed by atoms with van der Waals surface area (Å²) in [5.41, 5.74) is 0. The summed E-state index contributed by atoms with van der Waals surface area (Å²) in [7, 11) is 1.74. The first-order valence-corrected chi connectivity index (χ1v) is 7.32. The normalized spacial score (nSPS) is 26.8. The highest BCUT2D eigenvalue weighted by Crippen LogP contribution is 2.31. The summed E-state index contributed by atoms with van der Waals surface area (Å²) in [6.07, 6.45) is 2.74. The number of methoxy groups -OCH3 is 1. The Balaban J connectivity index is 1.57. The number of likely N-dealkylation sites (tertiary alicyclic amines) is 2. The van der Waals surface area contributed by atoms with E-state index in [-0.39, 0.29) is 5.91 Å². The highest BCUT2D eigenvalue weighted by molar-refractivity contribution is 5.91. The van der Waals surface area contributed by atoms with E-state index >= 15 is 0 Å². The van der Waals surface area contributed by atoms with Crippen molar-refractivity contribution in [3.63, 3.8) is 0 Å². The molecule has 0 bridgehead atoms. The van der Waals surface area contributed by atoms with Crippen molar-refractivity contribution in [3.05, 3.63) is 24.2 Å². The average molecular weight is 278 g/mol. The molecule has 2 aliphatic heterocycles. The lowest BCUT2D eigenvalue weighted by atomic mass is 9.89. The number of carbonyl (C=O) groups is 1. The smallest absolute Gasteiger partial charge is 0.289 e. The Morgan fingerprint density at radius 1 is 1.40 bits per heavy atom. The van der Waals surface area contributed by atoms with Crippen molar-refractivity contribution in [2.75, 3.05) is 46.4 Å². The molecule has 110 valence electrons. The van der Waals surface area contributed by atoms with Gasteiger partial charge in [-0.2, -0.15) is 0 Å². The minimum atomic E-state index is 0.0350. The average Bonchev–Trinajstić information content (AvgIpc) is 3.12. The summed E-state index contributed by atoms with van der Waals surface area (Å²) in [4.78, 5) is 16.7. The number of hydrogen-bond donors (Lipinski definition) is 0. The molecule has 2 saturated heterocycles. The molecule has 2 aliphatic rings. The summed E-state index contributed by atoms with van der Waals surface area (Å²) >= 11 is 0. The summed E-state index contributed by atoms with van der Waals surface area (Å²) < 4.78 is 10.4. The molecular weight excluding hydrogens is 256 g/mol. The number of piperidine rings is 1. The lowest BCUT2D eigenvalue weighted by Crippen LogP contribution is -2.41. The summed E-state index contributed by atoms with van der Waals surface area (Å²) in [5.74, 6) is 1.74. The van der Waals surface area contributed by atoms with Crippen molar-refractivity contribution in [2.24, 2.45) is 11.8 Å². The number of rotatable bonds is 4. The SMILES string of the molecule is COCCN1CC[C@H]2CN(C(=O)c3ccco3)C[C@H]2C1. The third-order valence-corrected chi connectivity index (χ3v) is 4.52. The predicted octanol–water partition coefficient (Wildman–Crippen LogP) is 1.32. The summed E-state index contributed by atoms with van der Waals surface area (Å²) in [6, 6.07) is 3.51. The first-order valence-electron chi connectivity index (χ1n) is 7.32. The molecule has 5 heteroatoms. The first kappa shape index (κ1) is 13.6. The number of ether oxygens (including phenoxy) is 1. The summed E-state index contributed by atoms with van der Waals surface area (Å²) in [6.45, 7) is 5.71. The highest BCUT2D eigenvalue weighted by atomic mass is 16.5. The molecule has 3 heterocycles. The molecule has 1 aromatic rings. The largest absolute Gasteiger partial charge is 0.459 e. The second-order valence-electron chi connectivity index (χ2n) is 5.79. The number of carbonyl (C=O) groups excluding carboxylic acids is 1. The zero-order chi connectivity index (χ0) is 13.9. The Bertz CT molecular complexity index is 446. The maximum absolute atomic E-state index is 12.3. The van der Waals surface area contributed by atoms with Crippen molar-refractivity contribution >= 4 is 5.91 Å². The number of nitrogens with zero attached hydrogens (tertiary/aromatic N) is 2. The van der Waals surface area contributed by atoms with E-state index in [4.69, 9.17) is 9.15 Å². The topological polar surface area (TPSA) is 45.9 Å². The molecule has 0 radical (unpaired) electrons. The maximum atomic E-state index is 12.3. The molecule has 0 aromatic carbocycles.